The summed E-state index contributed by atoms with van der Waals surface area (Å²) in [5.74, 6) is 1.19. The van der Waals surface area contributed by atoms with Crippen LogP contribution < -0.4 is 4.74 Å². The summed E-state index contributed by atoms with van der Waals surface area (Å²) in [6.45, 7) is 6.98. The third-order valence-corrected chi connectivity index (χ3v) is 5.91. The molecule has 2 heteroatoms. The van der Waals surface area contributed by atoms with Crippen molar-refractivity contribution in [2.45, 2.75) is 40.0 Å². The lowest BCUT2D eigenvalue weighted by atomic mass is 9.71. The lowest BCUT2D eigenvalue weighted by Crippen LogP contribution is -2.28. The maximum Gasteiger partial charge on any atom is 0.314 e. The summed E-state index contributed by atoms with van der Waals surface area (Å²) in [5.41, 5.74) is 0.561. The molecule has 0 aromatic heterocycles. The van der Waals surface area contributed by atoms with E-state index < -0.39 is 0 Å². The van der Waals surface area contributed by atoms with Crippen LogP contribution in [0.5, 0.6) is 5.75 Å². The highest BCUT2D eigenvalue weighted by Gasteiger charge is 2.62. The van der Waals surface area contributed by atoms with Gasteiger partial charge in [-0.25, -0.2) is 0 Å². The minimum Gasteiger partial charge on any atom is -0.426 e. The smallest absolute Gasteiger partial charge is 0.314 e. The molecule has 2 fully saturated rings. The van der Waals surface area contributed by atoms with Crippen molar-refractivity contribution in [2.75, 3.05) is 0 Å². The third kappa shape index (κ3) is 1.80. The zero-order chi connectivity index (χ0) is 13.7. The van der Waals surface area contributed by atoms with Crippen molar-refractivity contribution in [3.05, 3.63) is 30.3 Å². The van der Waals surface area contributed by atoms with Gasteiger partial charge in [0.1, 0.15) is 5.75 Å². The van der Waals surface area contributed by atoms with E-state index in [0.29, 0.717) is 17.1 Å². The molecule has 1 aromatic rings. The Labute approximate surface area is 115 Å². The first-order chi connectivity index (χ1) is 8.94. The number of para-hydroxylation sites is 1. The van der Waals surface area contributed by atoms with Crippen molar-refractivity contribution in [2.24, 2.45) is 22.7 Å². The lowest BCUT2D eigenvalue weighted by Gasteiger charge is -2.34. The van der Waals surface area contributed by atoms with Gasteiger partial charge in [-0.1, -0.05) is 39.0 Å². The van der Waals surface area contributed by atoms with Crippen LogP contribution in [0.4, 0.5) is 0 Å². The molecule has 19 heavy (non-hydrogen) atoms. The maximum atomic E-state index is 12.4. The number of fused-ring (bicyclic) bond motifs is 2. The second-order valence-corrected chi connectivity index (χ2v) is 6.97. The van der Waals surface area contributed by atoms with E-state index >= 15 is 0 Å². The zero-order valence-electron chi connectivity index (χ0n) is 12.0. The van der Waals surface area contributed by atoms with Gasteiger partial charge >= 0.3 is 5.97 Å². The maximum absolute atomic E-state index is 12.4. The van der Waals surface area contributed by atoms with Crippen molar-refractivity contribution in [3.63, 3.8) is 0 Å². The van der Waals surface area contributed by atoms with Gasteiger partial charge in [0.15, 0.2) is 0 Å². The summed E-state index contributed by atoms with van der Waals surface area (Å²) in [4.78, 5) is 12.4. The summed E-state index contributed by atoms with van der Waals surface area (Å²) in [6.07, 6.45) is 3.40. The van der Waals surface area contributed by atoms with Crippen LogP contribution in [0.1, 0.15) is 40.0 Å². The first-order valence-electron chi connectivity index (χ1n) is 7.21. The van der Waals surface area contributed by atoms with Gasteiger partial charge in [0.2, 0.25) is 0 Å². The van der Waals surface area contributed by atoms with Crippen LogP contribution in [-0.2, 0) is 4.79 Å². The van der Waals surface area contributed by atoms with Gasteiger partial charge in [-0.15, -0.1) is 0 Å². The fourth-order valence-corrected chi connectivity index (χ4v) is 4.23. The minimum atomic E-state index is -0.0345. The van der Waals surface area contributed by atoms with Crippen LogP contribution >= 0.6 is 0 Å². The van der Waals surface area contributed by atoms with E-state index in [-0.39, 0.29) is 17.3 Å². The Balaban J connectivity index is 1.77. The molecule has 0 N–H and O–H groups in total. The standard InChI is InChI=1S/C17H22O2/c1-16(2)14-9-10-17(16,3)11-13(14)15(18)19-12-7-5-4-6-8-12/h4-8,13-14H,9-11H2,1-3H3/t13-,14+,17-/m0/s1. The van der Waals surface area contributed by atoms with E-state index in [1.807, 2.05) is 30.3 Å². The number of ether oxygens (including phenoxy) is 1. The number of carbonyl (C=O) groups is 1. The highest BCUT2D eigenvalue weighted by Crippen LogP contribution is 2.67. The summed E-state index contributed by atoms with van der Waals surface area (Å²) >= 11 is 0. The minimum absolute atomic E-state index is 0.0345. The van der Waals surface area contributed by atoms with Gasteiger partial charge in [-0.3, -0.25) is 4.79 Å². The van der Waals surface area contributed by atoms with E-state index in [0.717, 1.165) is 12.8 Å². The molecule has 2 saturated carbocycles. The number of rotatable bonds is 2. The predicted octanol–water partition coefficient (Wildman–Crippen LogP) is 4.05. The predicted molar refractivity (Wildman–Crippen MR) is 74.8 cm³/mol. The fourth-order valence-electron chi connectivity index (χ4n) is 4.23. The van der Waals surface area contributed by atoms with E-state index in [4.69, 9.17) is 4.74 Å². The molecule has 102 valence electrons. The zero-order valence-corrected chi connectivity index (χ0v) is 12.0. The SMILES string of the molecule is CC1(C)[C@@H]2CC[C@@]1(C)C[C@@H]2C(=O)Oc1ccccc1. The van der Waals surface area contributed by atoms with Crippen LogP contribution in [-0.4, -0.2) is 5.97 Å². The van der Waals surface area contributed by atoms with Crippen molar-refractivity contribution in [1.82, 2.24) is 0 Å². The van der Waals surface area contributed by atoms with Crippen molar-refractivity contribution in [3.8, 4) is 5.75 Å². The molecule has 2 aliphatic rings. The summed E-state index contributed by atoms with van der Waals surface area (Å²) in [7, 11) is 0. The molecule has 0 spiro atoms. The molecule has 0 unspecified atom stereocenters. The third-order valence-electron chi connectivity index (χ3n) is 5.91. The number of hydrogen-bond acceptors (Lipinski definition) is 2. The molecular formula is C17H22O2. The van der Waals surface area contributed by atoms with Gasteiger partial charge in [-0.05, 0) is 48.1 Å². The Kier molecular flexibility index (Phi) is 2.74. The van der Waals surface area contributed by atoms with Gasteiger partial charge in [0.05, 0.1) is 5.92 Å². The second kappa shape index (κ2) is 4.09. The number of esters is 1. The Morgan fingerprint density at radius 1 is 1.21 bits per heavy atom. The Bertz CT molecular complexity index is 488. The Hall–Kier alpha value is -1.31. The Morgan fingerprint density at radius 3 is 2.42 bits per heavy atom. The fraction of sp³-hybridized carbons (Fsp3) is 0.588. The van der Waals surface area contributed by atoms with Crippen molar-refractivity contribution >= 4 is 5.97 Å². The monoisotopic (exact) mass is 258 g/mol. The number of benzene rings is 1. The first-order valence-corrected chi connectivity index (χ1v) is 7.21. The van der Waals surface area contributed by atoms with Crippen LogP contribution in [0, 0.1) is 22.7 Å². The summed E-state index contributed by atoms with van der Waals surface area (Å²) in [5, 5.41) is 0. The van der Waals surface area contributed by atoms with E-state index in [1.165, 1.54) is 6.42 Å². The van der Waals surface area contributed by atoms with Crippen LogP contribution in [0.3, 0.4) is 0 Å². The lowest BCUT2D eigenvalue weighted by molar-refractivity contribution is -0.141. The van der Waals surface area contributed by atoms with Gasteiger partial charge in [0.25, 0.3) is 0 Å². The normalized spacial score (nSPS) is 35.3. The van der Waals surface area contributed by atoms with Crippen LogP contribution in [0.2, 0.25) is 0 Å². The summed E-state index contributed by atoms with van der Waals surface area (Å²) < 4.78 is 5.55. The van der Waals surface area contributed by atoms with Crippen molar-refractivity contribution < 1.29 is 9.53 Å². The van der Waals surface area contributed by atoms with E-state index in [9.17, 15) is 4.79 Å². The largest absolute Gasteiger partial charge is 0.426 e. The average molecular weight is 258 g/mol. The molecule has 2 aliphatic carbocycles. The van der Waals surface area contributed by atoms with E-state index in [1.54, 1.807) is 0 Å². The highest BCUT2D eigenvalue weighted by molar-refractivity contribution is 5.76. The van der Waals surface area contributed by atoms with Crippen molar-refractivity contribution in [1.29, 1.82) is 0 Å². The topological polar surface area (TPSA) is 26.3 Å². The molecule has 2 nitrogen and oxygen atoms in total. The molecule has 0 saturated heterocycles. The summed E-state index contributed by atoms with van der Waals surface area (Å²) in [6, 6.07) is 9.41. The molecule has 2 bridgehead atoms. The quantitative estimate of drug-likeness (QED) is 0.591. The van der Waals surface area contributed by atoms with Crippen LogP contribution in [0.25, 0.3) is 0 Å². The molecule has 0 radical (unpaired) electrons. The molecule has 0 aliphatic heterocycles. The molecule has 0 heterocycles. The second-order valence-electron chi connectivity index (χ2n) is 6.97. The molecule has 0 amide bonds. The molecule has 3 atom stereocenters. The van der Waals surface area contributed by atoms with Gasteiger partial charge in [0, 0.05) is 0 Å². The number of carbonyl (C=O) groups excluding carboxylic acids is 1. The van der Waals surface area contributed by atoms with Gasteiger partial charge in [-0.2, -0.15) is 0 Å². The number of hydrogen-bond donors (Lipinski definition) is 0. The average Bonchev–Trinajstić information content (AvgIpc) is 2.72. The Morgan fingerprint density at radius 2 is 1.89 bits per heavy atom. The first kappa shape index (κ1) is 12.7. The molecule has 3 rings (SSSR count). The highest BCUT2D eigenvalue weighted by atomic mass is 16.5. The van der Waals surface area contributed by atoms with Crippen LogP contribution in [0.15, 0.2) is 30.3 Å². The molecular weight excluding hydrogens is 236 g/mol. The van der Waals surface area contributed by atoms with Gasteiger partial charge < -0.3 is 4.74 Å². The molecule has 1 aromatic carbocycles. The van der Waals surface area contributed by atoms with E-state index in [2.05, 4.69) is 20.8 Å².